The number of hydrogen-bond acceptors (Lipinski definition) is 6. The Kier molecular flexibility index (Phi) is 10.7. The molecule has 0 fully saturated rings. The second-order valence-electron chi connectivity index (χ2n) is 11.4. The van der Waals surface area contributed by atoms with Crippen molar-refractivity contribution in [2.45, 2.75) is 46.5 Å². The summed E-state index contributed by atoms with van der Waals surface area (Å²) < 4.78 is 23.5. The molecule has 0 spiro atoms. The molecule has 44 heavy (non-hydrogen) atoms. The maximum absolute atomic E-state index is 13.1. The van der Waals surface area contributed by atoms with Gasteiger partial charge in [-0.1, -0.05) is 70.2 Å². The highest BCUT2D eigenvalue weighted by Gasteiger charge is 2.27. The fourth-order valence-electron chi connectivity index (χ4n) is 5.18. The number of carbonyl (C=O) groups excluding carboxylic acids is 2. The maximum Gasteiger partial charge on any atom is 0.343 e. The Morgan fingerprint density at radius 1 is 0.818 bits per heavy atom. The lowest BCUT2D eigenvalue weighted by Crippen LogP contribution is -2.18. The van der Waals surface area contributed by atoms with Crippen LogP contribution in [0.1, 0.15) is 61.5 Å². The normalized spacial score (nSPS) is 11.8. The van der Waals surface area contributed by atoms with Gasteiger partial charge in [-0.25, -0.2) is 4.79 Å². The molecule has 4 aromatic rings. The summed E-state index contributed by atoms with van der Waals surface area (Å²) in [6, 6.07) is 25.4. The van der Waals surface area contributed by atoms with Crippen LogP contribution in [0.25, 0.3) is 0 Å². The first-order valence-electron chi connectivity index (χ1n) is 14.4. The predicted octanol–water partition coefficient (Wildman–Crippen LogP) is 9.20. The van der Waals surface area contributed by atoms with Crippen LogP contribution in [0.3, 0.4) is 0 Å². The lowest BCUT2D eigenvalue weighted by molar-refractivity contribution is -0.115. The smallest absolute Gasteiger partial charge is 0.343 e. The van der Waals surface area contributed by atoms with E-state index >= 15 is 0 Å². The van der Waals surface area contributed by atoms with Crippen LogP contribution >= 0.6 is 15.9 Å². The van der Waals surface area contributed by atoms with Crippen LogP contribution in [0.15, 0.2) is 89.4 Å². The number of para-hydroxylation sites is 1. The van der Waals surface area contributed by atoms with Gasteiger partial charge < -0.3 is 24.3 Å². The molecule has 8 heteroatoms. The zero-order valence-corrected chi connectivity index (χ0v) is 27.5. The van der Waals surface area contributed by atoms with E-state index < -0.39 is 5.97 Å². The molecule has 1 unspecified atom stereocenters. The molecule has 1 N–H and O–H groups in total. The molecule has 4 rings (SSSR count). The summed E-state index contributed by atoms with van der Waals surface area (Å²) in [5.41, 5.74) is 2.77. The van der Waals surface area contributed by atoms with E-state index in [0.717, 1.165) is 17.7 Å². The number of esters is 1. The number of carbonyl (C=O) groups is 2. The second-order valence-corrected chi connectivity index (χ2v) is 12.2. The number of hydrogen-bond donors (Lipinski definition) is 1. The summed E-state index contributed by atoms with van der Waals surface area (Å²) in [5, 5.41) is 2.92. The van der Waals surface area contributed by atoms with E-state index in [4.69, 9.17) is 18.9 Å². The summed E-state index contributed by atoms with van der Waals surface area (Å²) in [5.74, 6) is 1.87. The van der Waals surface area contributed by atoms with Crippen molar-refractivity contribution in [1.29, 1.82) is 0 Å². The first-order chi connectivity index (χ1) is 21.0. The average Bonchev–Trinajstić information content (AvgIpc) is 3.00. The molecule has 7 nitrogen and oxygen atoms in total. The topological polar surface area (TPSA) is 83.1 Å². The summed E-state index contributed by atoms with van der Waals surface area (Å²) in [6.45, 7) is 8.89. The SMILES string of the molecule is CCC(c1ccccc1Oc1ccc(NC(=O)Cc2ccc(OC)c(OC(=O)c3ccccc3)c2Br)cc1OC)C(C)(C)C. The van der Waals surface area contributed by atoms with Crippen molar-refractivity contribution in [2.75, 3.05) is 19.5 Å². The van der Waals surface area contributed by atoms with Gasteiger partial charge in [-0.3, -0.25) is 4.79 Å². The van der Waals surface area contributed by atoms with Gasteiger partial charge in [-0.2, -0.15) is 0 Å². The van der Waals surface area contributed by atoms with Crippen LogP contribution in [0.2, 0.25) is 0 Å². The molecule has 0 aliphatic carbocycles. The van der Waals surface area contributed by atoms with Crippen molar-refractivity contribution in [3.63, 3.8) is 0 Å². The molecule has 0 aromatic heterocycles. The van der Waals surface area contributed by atoms with Crippen molar-refractivity contribution in [1.82, 2.24) is 0 Å². The van der Waals surface area contributed by atoms with Gasteiger partial charge in [0.25, 0.3) is 0 Å². The molecular weight excluding hydrogens is 622 g/mol. The molecular formula is C36H38BrNO6. The first-order valence-corrected chi connectivity index (χ1v) is 15.2. The summed E-state index contributed by atoms with van der Waals surface area (Å²) >= 11 is 3.51. The Bertz CT molecular complexity index is 1610. The maximum atomic E-state index is 13.1. The van der Waals surface area contributed by atoms with Gasteiger partial charge in [0, 0.05) is 11.8 Å². The monoisotopic (exact) mass is 659 g/mol. The molecule has 0 radical (unpaired) electrons. The van der Waals surface area contributed by atoms with Crippen molar-refractivity contribution >= 4 is 33.5 Å². The minimum Gasteiger partial charge on any atom is -0.493 e. The highest BCUT2D eigenvalue weighted by Crippen LogP contribution is 2.44. The van der Waals surface area contributed by atoms with Gasteiger partial charge in [0.05, 0.1) is 30.7 Å². The van der Waals surface area contributed by atoms with Crippen LogP contribution in [0.5, 0.6) is 28.7 Å². The Labute approximate surface area is 267 Å². The van der Waals surface area contributed by atoms with Crippen LogP contribution in [-0.2, 0) is 11.2 Å². The third-order valence-electron chi connectivity index (χ3n) is 7.33. The average molecular weight is 661 g/mol. The number of nitrogens with one attached hydrogen (secondary N) is 1. The van der Waals surface area contributed by atoms with Crippen molar-refractivity contribution in [2.24, 2.45) is 5.41 Å². The minimum absolute atomic E-state index is 0.0135. The zero-order valence-electron chi connectivity index (χ0n) is 25.9. The lowest BCUT2D eigenvalue weighted by Gasteiger charge is -2.31. The lowest BCUT2D eigenvalue weighted by atomic mass is 9.75. The van der Waals surface area contributed by atoms with Gasteiger partial charge in [-0.15, -0.1) is 0 Å². The number of halogens is 1. The molecule has 1 atom stereocenters. The molecule has 4 aromatic carbocycles. The highest BCUT2D eigenvalue weighted by molar-refractivity contribution is 9.10. The van der Waals surface area contributed by atoms with Gasteiger partial charge in [0.15, 0.2) is 23.0 Å². The summed E-state index contributed by atoms with van der Waals surface area (Å²) in [6.07, 6.45) is 0.993. The largest absolute Gasteiger partial charge is 0.493 e. The third-order valence-corrected chi connectivity index (χ3v) is 8.20. The van der Waals surface area contributed by atoms with E-state index in [1.165, 1.54) is 7.11 Å². The Morgan fingerprint density at radius 3 is 2.14 bits per heavy atom. The molecule has 0 bridgehead atoms. The molecule has 1 amide bonds. The quantitative estimate of drug-likeness (QED) is 0.128. The van der Waals surface area contributed by atoms with Gasteiger partial charge in [-0.05, 0) is 81.2 Å². The molecule has 0 saturated heterocycles. The van der Waals surface area contributed by atoms with Crippen LogP contribution in [-0.4, -0.2) is 26.1 Å². The fraction of sp³-hybridized carbons (Fsp3) is 0.278. The summed E-state index contributed by atoms with van der Waals surface area (Å²) in [4.78, 5) is 25.8. The number of rotatable bonds is 11. The van der Waals surface area contributed by atoms with Gasteiger partial charge in [0.2, 0.25) is 5.91 Å². The minimum atomic E-state index is -0.535. The van der Waals surface area contributed by atoms with Crippen molar-refractivity contribution in [3.8, 4) is 28.7 Å². The molecule has 0 heterocycles. The number of anilines is 1. The zero-order chi connectivity index (χ0) is 31.9. The Hall–Kier alpha value is -4.30. The van der Waals surface area contributed by atoms with Gasteiger partial charge in [0.1, 0.15) is 5.75 Å². The van der Waals surface area contributed by atoms with E-state index in [1.807, 2.05) is 24.3 Å². The number of ether oxygens (including phenoxy) is 4. The summed E-state index contributed by atoms with van der Waals surface area (Å²) in [7, 11) is 3.05. The molecule has 0 saturated carbocycles. The molecule has 0 aliphatic heterocycles. The van der Waals surface area contributed by atoms with E-state index in [1.54, 1.807) is 61.7 Å². The number of amides is 1. The van der Waals surface area contributed by atoms with E-state index in [0.29, 0.717) is 44.5 Å². The molecule has 230 valence electrons. The number of benzene rings is 4. The van der Waals surface area contributed by atoms with Crippen molar-refractivity contribution in [3.05, 3.63) is 106 Å². The van der Waals surface area contributed by atoms with E-state index in [9.17, 15) is 9.59 Å². The van der Waals surface area contributed by atoms with Crippen LogP contribution < -0.4 is 24.3 Å². The standard InChI is InChI=1S/C36H38BrNO6/c1-7-27(36(2,3)4)26-15-11-12-16-28(26)43-29-20-18-25(22-31(29)42-6)38-32(39)21-24-17-19-30(41-5)34(33(24)37)44-35(40)23-13-9-8-10-14-23/h8-20,22,27H,7,21H2,1-6H3,(H,38,39). The van der Waals surface area contributed by atoms with Crippen molar-refractivity contribution < 1.29 is 28.5 Å². The Balaban J connectivity index is 1.51. The van der Waals surface area contributed by atoms with Crippen LogP contribution in [0.4, 0.5) is 5.69 Å². The third kappa shape index (κ3) is 7.80. The van der Waals surface area contributed by atoms with E-state index in [2.05, 4.69) is 55.0 Å². The van der Waals surface area contributed by atoms with E-state index in [-0.39, 0.29) is 23.5 Å². The first kappa shape index (κ1) is 32.6. The second kappa shape index (κ2) is 14.4. The number of methoxy groups -OCH3 is 2. The highest BCUT2D eigenvalue weighted by atomic mass is 79.9. The van der Waals surface area contributed by atoms with Gasteiger partial charge >= 0.3 is 5.97 Å². The Morgan fingerprint density at radius 2 is 1.48 bits per heavy atom. The predicted molar refractivity (Wildman–Crippen MR) is 176 cm³/mol. The van der Waals surface area contributed by atoms with Crippen LogP contribution in [0, 0.1) is 5.41 Å². The molecule has 0 aliphatic rings. The fourth-order valence-corrected chi connectivity index (χ4v) is 5.73.